The molecular formula is C9H18N2O2S. The molecule has 0 radical (unpaired) electrons. The fraction of sp³-hybridized carbons (Fsp3) is 1.00. The van der Waals surface area contributed by atoms with Gasteiger partial charge in [-0.3, -0.25) is 4.90 Å². The number of rotatable bonds is 3. The first-order valence-corrected chi connectivity index (χ1v) is 7.11. The predicted octanol–water partition coefficient (Wildman–Crippen LogP) is -0.533. The Kier molecular flexibility index (Phi) is 2.81. The maximum absolute atomic E-state index is 11.3. The van der Waals surface area contributed by atoms with Gasteiger partial charge in [0.05, 0.1) is 11.5 Å². The van der Waals surface area contributed by atoms with E-state index in [2.05, 4.69) is 17.1 Å². The van der Waals surface area contributed by atoms with Gasteiger partial charge in [-0.1, -0.05) is 6.92 Å². The summed E-state index contributed by atoms with van der Waals surface area (Å²) in [6.45, 7) is 5.12. The van der Waals surface area contributed by atoms with Gasteiger partial charge in [-0.25, -0.2) is 8.42 Å². The normalized spacial score (nSPS) is 32.0. The first-order valence-electron chi connectivity index (χ1n) is 5.29. The van der Waals surface area contributed by atoms with E-state index in [1.165, 1.54) is 0 Å². The van der Waals surface area contributed by atoms with Crippen molar-refractivity contribution >= 4 is 9.84 Å². The number of nitrogens with zero attached hydrogens (tertiary/aromatic N) is 1. The summed E-state index contributed by atoms with van der Waals surface area (Å²) < 4.78 is 22.7. The van der Waals surface area contributed by atoms with Crippen LogP contribution in [0.3, 0.4) is 0 Å². The van der Waals surface area contributed by atoms with E-state index < -0.39 is 9.84 Å². The fourth-order valence-corrected chi connectivity index (χ4v) is 4.10. The molecule has 1 atom stereocenters. The number of likely N-dealkylation sites (N-methyl/N-ethyl adjacent to an activating group) is 1. The number of hydrogen-bond acceptors (Lipinski definition) is 4. The second-order valence-electron chi connectivity index (χ2n) is 4.20. The predicted molar refractivity (Wildman–Crippen MR) is 56.1 cm³/mol. The molecule has 0 spiro atoms. The maximum Gasteiger partial charge on any atom is 0.151 e. The van der Waals surface area contributed by atoms with Gasteiger partial charge in [-0.05, 0) is 13.0 Å². The average Bonchev–Trinajstić information content (AvgIpc) is 2.37. The molecule has 2 aliphatic rings. The van der Waals surface area contributed by atoms with Crippen LogP contribution in [-0.2, 0) is 9.84 Å². The molecule has 0 aromatic heterocycles. The Bertz CT molecular complexity index is 298. The Morgan fingerprint density at radius 3 is 2.43 bits per heavy atom. The van der Waals surface area contributed by atoms with Gasteiger partial charge in [-0.15, -0.1) is 0 Å². The quantitative estimate of drug-likeness (QED) is 0.692. The van der Waals surface area contributed by atoms with Gasteiger partial charge in [0.1, 0.15) is 0 Å². The fourth-order valence-electron chi connectivity index (χ4n) is 2.36. The zero-order valence-corrected chi connectivity index (χ0v) is 9.39. The molecule has 1 N–H and O–H groups in total. The molecule has 0 amide bonds. The van der Waals surface area contributed by atoms with Crippen molar-refractivity contribution in [2.45, 2.75) is 25.4 Å². The molecule has 0 aromatic carbocycles. The average molecular weight is 218 g/mol. The van der Waals surface area contributed by atoms with Crippen LogP contribution in [0.25, 0.3) is 0 Å². The lowest BCUT2D eigenvalue weighted by Crippen LogP contribution is -2.60. The lowest BCUT2D eigenvalue weighted by atomic mass is 10.1. The third-order valence-electron chi connectivity index (χ3n) is 3.27. The third-order valence-corrected chi connectivity index (χ3v) is 5.02. The van der Waals surface area contributed by atoms with Gasteiger partial charge in [0.2, 0.25) is 0 Å². The maximum atomic E-state index is 11.3. The van der Waals surface area contributed by atoms with Crippen molar-refractivity contribution in [2.24, 2.45) is 0 Å². The van der Waals surface area contributed by atoms with Crippen molar-refractivity contribution in [3.63, 3.8) is 0 Å². The van der Waals surface area contributed by atoms with E-state index in [0.717, 1.165) is 26.1 Å². The first-order chi connectivity index (χ1) is 6.62. The van der Waals surface area contributed by atoms with Crippen molar-refractivity contribution in [3.05, 3.63) is 0 Å². The summed E-state index contributed by atoms with van der Waals surface area (Å²) in [5, 5.41) is 3.23. The van der Waals surface area contributed by atoms with Crippen LogP contribution in [0.2, 0.25) is 0 Å². The highest BCUT2D eigenvalue weighted by molar-refractivity contribution is 7.91. The lowest BCUT2D eigenvalue weighted by molar-refractivity contribution is 0.112. The van der Waals surface area contributed by atoms with E-state index in [1.54, 1.807) is 0 Å². The molecule has 82 valence electrons. The topological polar surface area (TPSA) is 49.4 Å². The molecule has 0 bridgehead atoms. The summed E-state index contributed by atoms with van der Waals surface area (Å²) in [6.07, 6.45) is 0.826. The minimum absolute atomic E-state index is 0.275. The molecule has 0 aromatic rings. The van der Waals surface area contributed by atoms with E-state index in [1.807, 2.05) is 0 Å². The highest BCUT2D eigenvalue weighted by Gasteiger charge is 2.36. The Balaban J connectivity index is 1.99. The van der Waals surface area contributed by atoms with E-state index >= 15 is 0 Å². The molecule has 0 saturated carbocycles. The summed E-state index contributed by atoms with van der Waals surface area (Å²) in [5.74, 6) is 0.756. The molecule has 2 rings (SSSR count). The molecule has 2 saturated heterocycles. The van der Waals surface area contributed by atoms with Crippen LogP contribution in [0, 0.1) is 0 Å². The molecule has 14 heavy (non-hydrogen) atoms. The largest absolute Gasteiger partial charge is 0.314 e. The third kappa shape index (κ3) is 1.94. The Morgan fingerprint density at radius 1 is 1.36 bits per heavy atom. The first kappa shape index (κ1) is 10.4. The molecule has 5 heteroatoms. The van der Waals surface area contributed by atoms with Crippen molar-refractivity contribution in [1.29, 1.82) is 0 Å². The van der Waals surface area contributed by atoms with Gasteiger partial charge >= 0.3 is 0 Å². The minimum atomic E-state index is -2.73. The van der Waals surface area contributed by atoms with Crippen molar-refractivity contribution < 1.29 is 8.42 Å². The minimum Gasteiger partial charge on any atom is -0.314 e. The van der Waals surface area contributed by atoms with Crippen LogP contribution in [0.5, 0.6) is 0 Å². The highest BCUT2D eigenvalue weighted by atomic mass is 32.2. The van der Waals surface area contributed by atoms with Crippen LogP contribution < -0.4 is 5.32 Å². The summed E-state index contributed by atoms with van der Waals surface area (Å²) in [6, 6.07) is 0.843. The molecule has 1 unspecified atom stereocenters. The van der Waals surface area contributed by atoms with E-state index in [-0.39, 0.29) is 6.04 Å². The van der Waals surface area contributed by atoms with E-state index in [9.17, 15) is 8.42 Å². The standard InChI is InChI=1S/C9H18N2O2S/c1-2-11(9-5-10-6-9)8-3-4-14(12,13)7-8/h8-10H,2-7H2,1H3. The Labute approximate surface area is 85.6 Å². The van der Waals surface area contributed by atoms with Crippen molar-refractivity contribution in [2.75, 3.05) is 31.1 Å². The number of nitrogens with one attached hydrogen (secondary N) is 1. The summed E-state index contributed by atoms with van der Waals surface area (Å²) >= 11 is 0. The molecule has 2 heterocycles. The van der Waals surface area contributed by atoms with Crippen LogP contribution in [0.15, 0.2) is 0 Å². The summed E-state index contributed by atoms with van der Waals surface area (Å²) in [4.78, 5) is 2.35. The molecule has 4 nitrogen and oxygen atoms in total. The van der Waals surface area contributed by atoms with Gasteiger partial charge < -0.3 is 5.32 Å². The van der Waals surface area contributed by atoms with Crippen molar-refractivity contribution in [1.82, 2.24) is 10.2 Å². The highest BCUT2D eigenvalue weighted by Crippen LogP contribution is 2.20. The van der Waals surface area contributed by atoms with E-state index in [4.69, 9.17) is 0 Å². The molecule has 2 fully saturated rings. The van der Waals surface area contributed by atoms with Crippen LogP contribution in [0.1, 0.15) is 13.3 Å². The van der Waals surface area contributed by atoms with Crippen LogP contribution in [0.4, 0.5) is 0 Å². The zero-order chi connectivity index (χ0) is 10.2. The smallest absolute Gasteiger partial charge is 0.151 e. The zero-order valence-electron chi connectivity index (χ0n) is 8.57. The van der Waals surface area contributed by atoms with Crippen LogP contribution in [-0.4, -0.2) is 56.5 Å². The Hall–Kier alpha value is -0.130. The molecule has 0 aliphatic carbocycles. The van der Waals surface area contributed by atoms with Gasteiger partial charge in [0.15, 0.2) is 9.84 Å². The Morgan fingerprint density at radius 2 is 2.07 bits per heavy atom. The van der Waals surface area contributed by atoms with Gasteiger partial charge in [-0.2, -0.15) is 0 Å². The van der Waals surface area contributed by atoms with Gasteiger partial charge in [0, 0.05) is 25.2 Å². The second kappa shape index (κ2) is 3.79. The van der Waals surface area contributed by atoms with E-state index in [0.29, 0.717) is 17.5 Å². The number of sulfone groups is 1. The lowest BCUT2D eigenvalue weighted by Gasteiger charge is -2.40. The van der Waals surface area contributed by atoms with Crippen LogP contribution >= 0.6 is 0 Å². The molecule has 2 aliphatic heterocycles. The monoisotopic (exact) mass is 218 g/mol. The summed E-state index contributed by atoms with van der Waals surface area (Å²) in [5.41, 5.74) is 0. The SMILES string of the molecule is CCN(C1CNC1)C1CCS(=O)(=O)C1. The number of hydrogen-bond donors (Lipinski definition) is 1. The summed E-state index contributed by atoms with van der Waals surface area (Å²) in [7, 11) is -2.73. The molecular weight excluding hydrogens is 200 g/mol. The second-order valence-corrected chi connectivity index (χ2v) is 6.43. The van der Waals surface area contributed by atoms with Gasteiger partial charge in [0.25, 0.3) is 0 Å². The van der Waals surface area contributed by atoms with Crippen molar-refractivity contribution in [3.8, 4) is 0 Å².